The molecule has 0 aliphatic carbocycles. The van der Waals surface area contributed by atoms with E-state index in [2.05, 4.69) is 79.9 Å². The van der Waals surface area contributed by atoms with Gasteiger partial charge in [0, 0.05) is 12.8 Å². The topological polar surface area (TPSA) is 119 Å². The smallest absolute Gasteiger partial charge is 0.326 e. The summed E-state index contributed by atoms with van der Waals surface area (Å²) >= 11 is 0. The molecule has 2 atom stereocenters. The van der Waals surface area contributed by atoms with Gasteiger partial charge in [-0.2, -0.15) is 0 Å². The summed E-state index contributed by atoms with van der Waals surface area (Å²) < 4.78 is 6.00. The van der Waals surface area contributed by atoms with E-state index in [1.807, 2.05) is 0 Å². The van der Waals surface area contributed by atoms with Crippen molar-refractivity contribution in [2.75, 3.05) is 6.54 Å². The Balaban J connectivity index is 4.45. The Morgan fingerprint density at radius 1 is 0.588 bits per heavy atom. The lowest BCUT2D eigenvalue weighted by Crippen LogP contribution is -2.40. The fourth-order valence-electron chi connectivity index (χ4n) is 5.74. The molecule has 0 fully saturated rings. The van der Waals surface area contributed by atoms with E-state index in [-0.39, 0.29) is 18.0 Å². The van der Waals surface area contributed by atoms with Crippen LogP contribution < -0.4 is 11.1 Å². The van der Waals surface area contributed by atoms with Crippen molar-refractivity contribution in [3.05, 3.63) is 60.8 Å². The maximum absolute atomic E-state index is 12.7. The third kappa shape index (κ3) is 35.3. The largest absolute Gasteiger partial charge is 0.480 e. The average Bonchev–Trinajstić information content (AvgIpc) is 3.11. The normalized spacial score (nSPS) is 13.3. The van der Waals surface area contributed by atoms with Gasteiger partial charge < -0.3 is 20.9 Å². The number of carbonyl (C=O) groups excluding carboxylic acids is 2. The molecule has 7 heteroatoms. The number of aliphatic carboxylic acids is 1. The van der Waals surface area contributed by atoms with Crippen LogP contribution in [0.5, 0.6) is 0 Å². The molecule has 0 aromatic carbocycles. The zero-order valence-electron chi connectivity index (χ0n) is 32.7. The number of carboxylic acid groups (broad SMARTS) is 1. The van der Waals surface area contributed by atoms with Crippen LogP contribution in [0.2, 0.25) is 0 Å². The summed E-state index contributed by atoms with van der Waals surface area (Å²) in [6, 6.07) is -0.864. The Morgan fingerprint density at radius 2 is 1.08 bits per heavy atom. The van der Waals surface area contributed by atoms with E-state index in [4.69, 9.17) is 10.5 Å². The summed E-state index contributed by atoms with van der Waals surface area (Å²) in [6.07, 6.45) is 46.9. The number of hydrogen-bond acceptors (Lipinski definition) is 5. The van der Waals surface area contributed by atoms with Crippen molar-refractivity contribution in [3.8, 4) is 0 Å². The number of rotatable bonds is 36. The molecule has 51 heavy (non-hydrogen) atoms. The summed E-state index contributed by atoms with van der Waals surface area (Å²) in [5.41, 5.74) is 5.48. The van der Waals surface area contributed by atoms with Gasteiger partial charge in [0.05, 0.1) is 0 Å². The molecule has 4 N–H and O–H groups in total. The van der Waals surface area contributed by atoms with E-state index in [1.54, 1.807) is 0 Å². The van der Waals surface area contributed by atoms with Crippen LogP contribution in [0.4, 0.5) is 0 Å². The standard InChI is InChI=1S/C44H76N2O5/c1-3-5-7-9-11-13-15-16-17-18-19-20-22-25-29-34-40(51-43(48)38-32-28-23-21-14-12-10-8-6-4-2)35-30-26-24-27-31-37-42(47)46-41(44(49)50)36-33-39-45/h5,7-8,10-11,13,16-17,19-20,40-41H,3-4,6,9,12,14-15,18,21-39,45H2,1-2H3,(H,46,47)(H,49,50)/b7-5-,10-8-,13-11-,17-16-,20-19-. The van der Waals surface area contributed by atoms with Crippen LogP contribution >= 0.6 is 0 Å². The first-order chi connectivity index (χ1) is 24.9. The third-order valence-electron chi connectivity index (χ3n) is 8.80. The summed E-state index contributed by atoms with van der Waals surface area (Å²) in [6.45, 7) is 4.76. The van der Waals surface area contributed by atoms with Gasteiger partial charge in [0.15, 0.2) is 0 Å². The number of unbranched alkanes of at least 4 members (excludes halogenated alkanes) is 12. The van der Waals surface area contributed by atoms with Gasteiger partial charge in [-0.05, 0) is 116 Å². The summed E-state index contributed by atoms with van der Waals surface area (Å²) in [4.78, 5) is 36.3. The van der Waals surface area contributed by atoms with Crippen molar-refractivity contribution >= 4 is 17.8 Å². The molecule has 1 amide bonds. The maximum atomic E-state index is 12.7. The lowest BCUT2D eigenvalue weighted by molar-refractivity contribution is -0.150. The van der Waals surface area contributed by atoms with Gasteiger partial charge in [-0.25, -0.2) is 4.79 Å². The number of carboxylic acids is 1. The fourth-order valence-corrected chi connectivity index (χ4v) is 5.74. The molecule has 2 unspecified atom stereocenters. The molecule has 0 aromatic rings. The van der Waals surface area contributed by atoms with Gasteiger partial charge in [-0.15, -0.1) is 0 Å². The van der Waals surface area contributed by atoms with Crippen LogP contribution in [0.25, 0.3) is 0 Å². The van der Waals surface area contributed by atoms with Gasteiger partial charge in [0.25, 0.3) is 0 Å². The number of nitrogens with one attached hydrogen (secondary N) is 1. The number of allylic oxidation sites excluding steroid dienone is 10. The Morgan fingerprint density at radius 3 is 1.69 bits per heavy atom. The average molecular weight is 713 g/mol. The van der Waals surface area contributed by atoms with Crippen molar-refractivity contribution in [1.82, 2.24) is 5.32 Å². The van der Waals surface area contributed by atoms with Crippen molar-refractivity contribution in [3.63, 3.8) is 0 Å². The second kappa shape index (κ2) is 38.3. The summed E-state index contributed by atoms with van der Waals surface area (Å²) in [5.74, 6) is -1.28. The van der Waals surface area contributed by atoms with E-state index in [9.17, 15) is 19.5 Å². The SMILES string of the molecule is CC/C=C\C/C=C\C/C=C\C/C=C\CCCCC(CCCCCCCC(=O)NC(CCCN)C(=O)O)OC(=O)CCCCCCC/C=C\CCC. The molecule has 0 bridgehead atoms. The second-order valence-electron chi connectivity index (χ2n) is 13.7. The first kappa shape index (κ1) is 48.1. The number of esters is 1. The Labute approximate surface area is 312 Å². The van der Waals surface area contributed by atoms with Crippen LogP contribution in [0.3, 0.4) is 0 Å². The summed E-state index contributed by atoms with van der Waals surface area (Å²) in [5, 5.41) is 11.9. The van der Waals surface area contributed by atoms with Crippen LogP contribution in [0.15, 0.2) is 60.8 Å². The predicted octanol–water partition coefficient (Wildman–Crippen LogP) is 11.4. The Kier molecular flexibility index (Phi) is 36.1. The number of hydrogen-bond donors (Lipinski definition) is 3. The molecule has 0 rings (SSSR count). The minimum atomic E-state index is -1.01. The first-order valence-electron chi connectivity index (χ1n) is 20.6. The monoisotopic (exact) mass is 713 g/mol. The quantitative estimate of drug-likeness (QED) is 0.0338. The number of nitrogens with two attached hydrogens (primary N) is 1. The van der Waals surface area contributed by atoms with Crippen molar-refractivity contribution in [1.29, 1.82) is 0 Å². The minimum absolute atomic E-state index is 0.0305. The highest BCUT2D eigenvalue weighted by atomic mass is 16.5. The molecule has 0 aliphatic rings. The third-order valence-corrected chi connectivity index (χ3v) is 8.80. The van der Waals surface area contributed by atoms with Crippen LogP contribution in [-0.4, -0.2) is 41.6 Å². The van der Waals surface area contributed by atoms with Gasteiger partial charge >= 0.3 is 11.9 Å². The van der Waals surface area contributed by atoms with Crippen LogP contribution in [-0.2, 0) is 19.1 Å². The van der Waals surface area contributed by atoms with Crippen molar-refractivity contribution in [2.24, 2.45) is 5.73 Å². The lowest BCUT2D eigenvalue weighted by Gasteiger charge is -2.18. The molecular weight excluding hydrogens is 636 g/mol. The van der Waals surface area contributed by atoms with E-state index in [0.29, 0.717) is 32.2 Å². The molecule has 0 aromatic heterocycles. The highest BCUT2D eigenvalue weighted by Crippen LogP contribution is 2.18. The molecule has 0 aliphatic heterocycles. The lowest BCUT2D eigenvalue weighted by atomic mass is 10.0. The van der Waals surface area contributed by atoms with E-state index in [0.717, 1.165) is 109 Å². The second-order valence-corrected chi connectivity index (χ2v) is 13.7. The van der Waals surface area contributed by atoms with Gasteiger partial charge in [-0.1, -0.05) is 120 Å². The molecule has 0 radical (unpaired) electrons. The highest BCUT2D eigenvalue weighted by molar-refractivity contribution is 5.83. The zero-order valence-corrected chi connectivity index (χ0v) is 32.7. The van der Waals surface area contributed by atoms with Crippen molar-refractivity contribution < 1.29 is 24.2 Å². The fraction of sp³-hybridized carbons (Fsp3) is 0.705. The molecule has 0 spiro atoms. The minimum Gasteiger partial charge on any atom is -0.480 e. The van der Waals surface area contributed by atoms with Crippen molar-refractivity contribution in [2.45, 2.75) is 193 Å². The van der Waals surface area contributed by atoms with Gasteiger partial charge in [0.2, 0.25) is 5.91 Å². The molecule has 0 heterocycles. The van der Waals surface area contributed by atoms with Crippen LogP contribution in [0, 0.1) is 0 Å². The zero-order chi connectivity index (χ0) is 37.5. The van der Waals surface area contributed by atoms with Crippen LogP contribution in [0.1, 0.15) is 181 Å². The molecule has 0 saturated heterocycles. The maximum Gasteiger partial charge on any atom is 0.326 e. The van der Waals surface area contributed by atoms with E-state index in [1.165, 1.54) is 32.1 Å². The number of ether oxygens (including phenoxy) is 1. The Hall–Kier alpha value is -2.93. The van der Waals surface area contributed by atoms with E-state index >= 15 is 0 Å². The predicted molar refractivity (Wildman–Crippen MR) is 216 cm³/mol. The molecule has 292 valence electrons. The highest BCUT2D eigenvalue weighted by Gasteiger charge is 2.19. The first-order valence-corrected chi connectivity index (χ1v) is 20.6. The van der Waals surface area contributed by atoms with Gasteiger partial charge in [-0.3, -0.25) is 9.59 Å². The summed E-state index contributed by atoms with van der Waals surface area (Å²) in [7, 11) is 0. The van der Waals surface area contributed by atoms with E-state index < -0.39 is 12.0 Å². The number of carbonyl (C=O) groups is 3. The van der Waals surface area contributed by atoms with Gasteiger partial charge in [0.1, 0.15) is 12.1 Å². The Bertz CT molecular complexity index is 984. The molecule has 7 nitrogen and oxygen atoms in total. The molecule has 0 saturated carbocycles. The number of amides is 1. The molecular formula is C44H76N2O5.